The Kier molecular flexibility index (Phi) is 10.7. The van der Waals surface area contributed by atoms with Crippen LogP contribution in [0.3, 0.4) is 0 Å². The van der Waals surface area contributed by atoms with Gasteiger partial charge < -0.3 is 74.1 Å². The molecule has 2 aromatic carbocycles. The van der Waals surface area contributed by atoms with Crippen LogP contribution < -0.4 is 10.2 Å². The first-order chi connectivity index (χ1) is 24.8. The molecule has 52 heavy (non-hydrogen) atoms. The third kappa shape index (κ3) is 7.81. The molecule has 0 unspecified atom stereocenters. The van der Waals surface area contributed by atoms with Gasteiger partial charge in [0.05, 0.1) is 12.2 Å². The molecule has 17 nitrogen and oxygen atoms in total. The second kappa shape index (κ2) is 15.2. The minimum absolute atomic E-state index is 0.0238. The van der Waals surface area contributed by atoms with Gasteiger partial charge in [-0.2, -0.15) is 0 Å². The Morgan fingerprint density at radius 3 is 2.29 bits per heavy atom. The summed E-state index contributed by atoms with van der Waals surface area (Å²) < 4.78 is 34.4. The highest BCUT2D eigenvalue weighted by Crippen LogP contribution is 2.43. The van der Waals surface area contributed by atoms with Gasteiger partial charge in [0.1, 0.15) is 60.5 Å². The van der Waals surface area contributed by atoms with Crippen molar-refractivity contribution in [3.8, 4) is 51.4 Å². The van der Waals surface area contributed by atoms with E-state index in [4.69, 9.17) is 28.1 Å². The van der Waals surface area contributed by atoms with Crippen molar-refractivity contribution in [1.82, 2.24) is 0 Å². The van der Waals surface area contributed by atoms with E-state index in [1.165, 1.54) is 30.3 Å². The number of fused-ring (bicyclic) bond motifs is 1. The lowest BCUT2D eigenvalue weighted by Crippen LogP contribution is -2.64. The summed E-state index contributed by atoms with van der Waals surface area (Å²) in [6, 6.07) is 12.7. The number of carbonyl (C=O) groups excluding carboxylic acids is 1. The summed E-state index contributed by atoms with van der Waals surface area (Å²) in [5.41, 5.74) is 0.0281. The molecule has 0 bridgehead atoms. The molecule has 6 rings (SSSR count). The zero-order valence-electron chi connectivity index (χ0n) is 26.8. The van der Waals surface area contributed by atoms with Gasteiger partial charge in [0.25, 0.3) is 0 Å². The summed E-state index contributed by atoms with van der Waals surface area (Å²) in [6.07, 6.45) is -13.0. The average Bonchev–Trinajstić information content (AvgIpc) is 3.11. The Bertz CT molecular complexity index is 1940. The van der Waals surface area contributed by atoms with Crippen molar-refractivity contribution in [3.05, 3.63) is 82.5 Å². The predicted octanol–water partition coefficient (Wildman–Crippen LogP) is 0.140. The highest BCUT2D eigenvalue weighted by Gasteiger charge is 2.50. The zero-order chi connectivity index (χ0) is 37.3. The normalized spacial score (nSPS) is 27.8. The first-order valence-corrected chi connectivity index (χ1v) is 15.8. The van der Waals surface area contributed by atoms with E-state index in [0.717, 1.165) is 30.3 Å². The van der Waals surface area contributed by atoms with Gasteiger partial charge in [0, 0.05) is 23.8 Å². The molecule has 2 saturated heterocycles. The van der Waals surface area contributed by atoms with Crippen molar-refractivity contribution in [3.63, 3.8) is 0 Å². The number of phenols is 4. The summed E-state index contributed by atoms with van der Waals surface area (Å²) in [5.74, 6) is -2.92. The predicted molar refractivity (Wildman–Crippen MR) is 174 cm³/mol. The molecule has 2 aromatic rings. The van der Waals surface area contributed by atoms with Crippen molar-refractivity contribution in [2.75, 3.05) is 13.2 Å². The lowest BCUT2D eigenvalue weighted by molar-refractivity contribution is -0.345. The fraction of sp³-hybridized carbons (Fsp3) is 0.314. The van der Waals surface area contributed by atoms with Crippen LogP contribution in [0.4, 0.5) is 0 Å². The van der Waals surface area contributed by atoms with Gasteiger partial charge in [-0.25, -0.2) is 4.79 Å². The summed E-state index contributed by atoms with van der Waals surface area (Å²) in [6.45, 7) is -1.11. The van der Waals surface area contributed by atoms with Crippen molar-refractivity contribution in [2.45, 2.75) is 55.3 Å². The summed E-state index contributed by atoms with van der Waals surface area (Å²) in [5, 5.41) is 93.2. The lowest BCUT2D eigenvalue weighted by Gasteiger charge is -2.44. The Hall–Kier alpha value is -5.24. The van der Waals surface area contributed by atoms with E-state index in [9.17, 15) is 55.5 Å². The van der Waals surface area contributed by atoms with E-state index in [1.54, 1.807) is 12.1 Å². The molecule has 276 valence electrons. The molecule has 17 heteroatoms. The van der Waals surface area contributed by atoms with Crippen molar-refractivity contribution >= 4 is 12.0 Å². The first kappa shape index (κ1) is 36.5. The summed E-state index contributed by atoms with van der Waals surface area (Å²) in [4.78, 5) is 24.7. The van der Waals surface area contributed by atoms with Gasteiger partial charge in [-0.15, -0.1) is 0 Å². The number of hydrogen-bond acceptors (Lipinski definition) is 17. The van der Waals surface area contributed by atoms with E-state index in [2.05, 4.69) is 0 Å². The Morgan fingerprint density at radius 1 is 0.808 bits per heavy atom. The van der Waals surface area contributed by atoms with Crippen molar-refractivity contribution in [1.29, 1.82) is 0 Å². The van der Waals surface area contributed by atoms with Gasteiger partial charge in [-0.05, 0) is 48.0 Å². The first-order valence-electron chi connectivity index (χ1n) is 15.8. The van der Waals surface area contributed by atoms with Crippen LogP contribution in [-0.2, 0) is 23.7 Å². The molecule has 9 N–H and O–H groups in total. The number of aromatic hydroxyl groups is 4. The van der Waals surface area contributed by atoms with Crippen LogP contribution in [-0.4, -0.2) is 120 Å². The Labute approximate surface area is 293 Å². The van der Waals surface area contributed by atoms with Crippen LogP contribution in [0, 0.1) is 0 Å². The number of ether oxygens (including phenoxy) is 5. The number of aliphatic hydroxyl groups is 5. The third-order valence-electron chi connectivity index (χ3n) is 8.37. The number of carbonyl (C=O) groups is 1. The third-order valence-corrected chi connectivity index (χ3v) is 8.37. The molecule has 9 atom stereocenters. The lowest BCUT2D eigenvalue weighted by atomic mass is 9.98. The average molecular weight is 727 g/mol. The standard InChI is InChI=1S/C35H34O17/c36-17-5-1-15(2-6-17)3-8-27(42)47-14-26-29(44)30(45)33(52-34-31(46)28(43)23(41)13-48-34)35(51-26)50-25-12-19-21(39)10-18(37)11-24(19)49-32(25)16-4-7-20(38)22(40)9-16/h1-12,23,26,28-31,33-36,38-41,43-46H,13-14H2/t23-,26-,28+,29-,30+,31-,33-,34+,35-/m1/s1. The highest BCUT2D eigenvalue weighted by atomic mass is 16.8. The SMILES string of the molecule is O=C(C=Cc1ccc(O)cc1)OC[C@H]1O[C@@H](Oc2cc3c(O)cc(=O)cc-3oc2-c2ccc(O)c(O)c2)[C@H](O[C@@H]2OC[C@@H](O)[C@H](O)[C@H]2O)[C@@H](O)[C@@H]1O. The molecule has 0 aromatic heterocycles. The van der Waals surface area contributed by atoms with Gasteiger partial charge in [0.2, 0.25) is 6.29 Å². The van der Waals surface area contributed by atoms with E-state index in [0.29, 0.717) is 5.56 Å². The molecular weight excluding hydrogens is 692 g/mol. The number of hydrogen-bond donors (Lipinski definition) is 9. The van der Waals surface area contributed by atoms with Crippen LogP contribution in [0.15, 0.2) is 76.0 Å². The molecule has 0 saturated carbocycles. The van der Waals surface area contributed by atoms with Crippen LogP contribution >= 0.6 is 0 Å². The fourth-order valence-corrected chi connectivity index (χ4v) is 5.55. The van der Waals surface area contributed by atoms with Gasteiger partial charge in [-0.1, -0.05) is 12.1 Å². The zero-order valence-corrected chi connectivity index (χ0v) is 26.8. The summed E-state index contributed by atoms with van der Waals surface area (Å²) in [7, 11) is 0. The number of esters is 1. The molecular formula is C35H34O17. The van der Waals surface area contributed by atoms with E-state index < -0.39 is 97.2 Å². The number of rotatable bonds is 9. The highest BCUT2D eigenvalue weighted by molar-refractivity contribution is 5.87. The van der Waals surface area contributed by atoms with Crippen molar-refractivity contribution in [2.24, 2.45) is 0 Å². The van der Waals surface area contributed by atoms with Gasteiger partial charge >= 0.3 is 5.97 Å². The summed E-state index contributed by atoms with van der Waals surface area (Å²) >= 11 is 0. The smallest absolute Gasteiger partial charge is 0.330 e. The van der Waals surface area contributed by atoms with E-state index in [1.807, 2.05) is 0 Å². The van der Waals surface area contributed by atoms with E-state index >= 15 is 0 Å². The topological polar surface area (TPSA) is 275 Å². The number of aliphatic hydroxyl groups excluding tert-OH is 5. The second-order valence-electron chi connectivity index (χ2n) is 12.0. The fourth-order valence-electron chi connectivity index (χ4n) is 5.55. The molecule has 0 amide bonds. The molecule has 2 fully saturated rings. The van der Waals surface area contributed by atoms with Crippen LogP contribution in [0.5, 0.6) is 28.7 Å². The molecule has 4 aliphatic rings. The maximum Gasteiger partial charge on any atom is 0.330 e. The van der Waals surface area contributed by atoms with Crippen LogP contribution in [0.25, 0.3) is 28.7 Å². The van der Waals surface area contributed by atoms with Gasteiger partial charge in [0.15, 0.2) is 40.8 Å². The molecule has 0 radical (unpaired) electrons. The minimum atomic E-state index is -1.91. The van der Waals surface area contributed by atoms with Crippen LogP contribution in [0.2, 0.25) is 0 Å². The molecule has 3 heterocycles. The molecule has 0 spiro atoms. The molecule has 3 aliphatic heterocycles. The largest absolute Gasteiger partial charge is 0.508 e. The Balaban J connectivity index is 1.33. The maximum atomic E-state index is 12.5. The quantitative estimate of drug-likeness (QED) is 0.0630. The Morgan fingerprint density at radius 2 is 1.56 bits per heavy atom. The van der Waals surface area contributed by atoms with E-state index in [-0.39, 0.29) is 34.1 Å². The second-order valence-corrected chi connectivity index (χ2v) is 12.0. The number of phenolic OH excluding ortho intramolecular Hbond substituents is 4. The number of benzene rings is 3. The van der Waals surface area contributed by atoms with Crippen molar-refractivity contribution < 1.29 is 78.9 Å². The maximum absolute atomic E-state index is 12.5. The minimum Gasteiger partial charge on any atom is -0.508 e. The monoisotopic (exact) mass is 726 g/mol. The van der Waals surface area contributed by atoms with Gasteiger partial charge in [-0.3, -0.25) is 4.79 Å². The van der Waals surface area contributed by atoms with Crippen LogP contribution in [0.1, 0.15) is 5.56 Å². The molecule has 1 aliphatic carbocycles.